The van der Waals surface area contributed by atoms with Gasteiger partial charge in [0.1, 0.15) is 0 Å². The molecule has 0 bridgehead atoms. The lowest BCUT2D eigenvalue weighted by atomic mass is 9.80. The molecule has 0 atom stereocenters. The molecule has 0 aromatic rings. The zero-order chi connectivity index (χ0) is 12.2. The van der Waals surface area contributed by atoms with Crippen LogP contribution >= 0.6 is 0 Å². The molecule has 1 fully saturated rings. The predicted molar refractivity (Wildman–Crippen MR) is 63.5 cm³/mol. The maximum atomic E-state index is 10.8. The summed E-state index contributed by atoms with van der Waals surface area (Å²) < 4.78 is 26.2. The van der Waals surface area contributed by atoms with Crippen LogP contribution in [0.4, 0.5) is 0 Å². The van der Waals surface area contributed by atoms with Crippen molar-refractivity contribution < 1.29 is 17.6 Å². The number of hydrogen-bond donors (Lipinski definition) is 1. The van der Waals surface area contributed by atoms with Crippen molar-refractivity contribution in [1.29, 1.82) is 0 Å². The first kappa shape index (κ1) is 14.0. The summed E-state index contributed by atoms with van der Waals surface area (Å²) in [7, 11) is -3.68. The van der Waals surface area contributed by atoms with E-state index in [0.29, 0.717) is 5.92 Å². The number of piperidine rings is 1. The van der Waals surface area contributed by atoms with Gasteiger partial charge in [0.15, 0.2) is 0 Å². The Morgan fingerprint density at radius 2 is 2.00 bits per heavy atom. The minimum absolute atomic E-state index is 0.276. The van der Waals surface area contributed by atoms with Gasteiger partial charge in [-0.1, -0.05) is 0 Å². The van der Waals surface area contributed by atoms with E-state index < -0.39 is 10.1 Å². The zero-order valence-electron chi connectivity index (χ0n) is 9.92. The monoisotopic (exact) mass is 249 g/mol. The third-order valence-electron chi connectivity index (χ3n) is 3.00. The van der Waals surface area contributed by atoms with Gasteiger partial charge in [0, 0.05) is 0 Å². The highest BCUT2D eigenvalue weighted by Gasteiger charge is 2.23. The van der Waals surface area contributed by atoms with Crippen molar-refractivity contribution in [1.82, 2.24) is 4.81 Å². The molecule has 1 N–H and O–H groups in total. The topological polar surface area (TPSA) is 66.8 Å². The summed E-state index contributed by atoms with van der Waals surface area (Å²) >= 11 is 0. The van der Waals surface area contributed by atoms with Crippen molar-refractivity contribution in [3.63, 3.8) is 0 Å². The highest BCUT2D eigenvalue weighted by molar-refractivity contribution is 7.85. The van der Waals surface area contributed by atoms with E-state index in [9.17, 15) is 13.4 Å². The molecule has 1 aliphatic rings. The standard InChI is InChI=1S/C9H20BNO4S/c1-10(12)11-6-3-9(4-7-11)5-8-15-16(2,13)14/h9,12H,3-8H2,1-2H3. The second kappa shape index (κ2) is 6.00. The minimum atomic E-state index is -3.30. The maximum Gasteiger partial charge on any atom is 0.376 e. The van der Waals surface area contributed by atoms with Gasteiger partial charge in [0.05, 0.1) is 12.9 Å². The normalized spacial score (nSPS) is 19.9. The number of nitrogens with zero attached hydrogens (tertiary/aromatic N) is 1. The van der Waals surface area contributed by atoms with Crippen LogP contribution in [0, 0.1) is 5.92 Å². The van der Waals surface area contributed by atoms with Crippen LogP contribution in [-0.4, -0.2) is 51.3 Å². The fourth-order valence-corrected chi connectivity index (χ4v) is 2.38. The maximum absolute atomic E-state index is 10.8. The molecule has 0 amide bonds. The summed E-state index contributed by atoms with van der Waals surface area (Å²) in [4.78, 5) is 2.02. The van der Waals surface area contributed by atoms with E-state index in [-0.39, 0.29) is 13.7 Å². The Kier molecular flexibility index (Phi) is 5.23. The second-order valence-electron chi connectivity index (χ2n) is 4.43. The fraction of sp³-hybridized carbons (Fsp3) is 1.00. The van der Waals surface area contributed by atoms with E-state index in [1.807, 2.05) is 4.81 Å². The molecular formula is C9H20BNO4S. The summed E-state index contributed by atoms with van der Waals surface area (Å²) in [5.41, 5.74) is 0. The van der Waals surface area contributed by atoms with Gasteiger partial charge < -0.3 is 9.83 Å². The molecule has 16 heavy (non-hydrogen) atoms. The lowest BCUT2D eigenvalue weighted by Gasteiger charge is -2.32. The van der Waals surface area contributed by atoms with E-state index in [1.165, 1.54) is 0 Å². The Bertz CT molecular complexity index is 299. The van der Waals surface area contributed by atoms with Crippen LogP contribution in [0.25, 0.3) is 0 Å². The molecule has 1 heterocycles. The van der Waals surface area contributed by atoms with Crippen LogP contribution in [0.3, 0.4) is 0 Å². The van der Waals surface area contributed by atoms with Gasteiger partial charge in [-0.25, -0.2) is 0 Å². The van der Waals surface area contributed by atoms with E-state index in [4.69, 9.17) is 4.18 Å². The van der Waals surface area contributed by atoms with Gasteiger partial charge in [-0.2, -0.15) is 8.42 Å². The highest BCUT2D eigenvalue weighted by atomic mass is 32.2. The summed E-state index contributed by atoms with van der Waals surface area (Å²) in [5, 5.41) is 9.37. The van der Waals surface area contributed by atoms with E-state index >= 15 is 0 Å². The quantitative estimate of drug-likeness (QED) is 0.556. The van der Waals surface area contributed by atoms with Crippen LogP contribution in [-0.2, 0) is 14.3 Å². The summed E-state index contributed by atoms with van der Waals surface area (Å²) in [6, 6.07) is 0. The van der Waals surface area contributed by atoms with Crippen molar-refractivity contribution in [3.8, 4) is 0 Å². The zero-order valence-corrected chi connectivity index (χ0v) is 10.7. The molecule has 1 saturated heterocycles. The van der Waals surface area contributed by atoms with Crippen molar-refractivity contribution in [2.24, 2.45) is 5.92 Å². The average molecular weight is 249 g/mol. The summed E-state index contributed by atoms with van der Waals surface area (Å²) in [6.07, 6.45) is 3.85. The van der Waals surface area contributed by atoms with Gasteiger partial charge in [-0.05, 0) is 45.1 Å². The third-order valence-corrected chi connectivity index (χ3v) is 3.60. The molecule has 94 valence electrons. The van der Waals surface area contributed by atoms with E-state index in [1.54, 1.807) is 6.82 Å². The predicted octanol–water partition coefficient (Wildman–Crippen LogP) is 0.175. The number of hydrogen-bond acceptors (Lipinski definition) is 5. The van der Waals surface area contributed by atoms with Crippen LogP contribution < -0.4 is 0 Å². The SMILES string of the molecule is CB(O)N1CCC(CCOS(C)(=O)=O)CC1. The fourth-order valence-electron chi connectivity index (χ4n) is 1.98. The van der Waals surface area contributed by atoms with Crippen molar-refractivity contribution in [2.75, 3.05) is 26.0 Å². The third kappa shape index (κ3) is 5.29. The van der Waals surface area contributed by atoms with Gasteiger partial charge in [0.2, 0.25) is 0 Å². The van der Waals surface area contributed by atoms with Gasteiger partial charge in [-0.3, -0.25) is 4.18 Å². The first-order valence-electron chi connectivity index (χ1n) is 5.65. The van der Waals surface area contributed by atoms with Crippen molar-refractivity contribution in [2.45, 2.75) is 26.1 Å². The van der Waals surface area contributed by atoms with Gasteiger partial charge in [0.25, 0.3) is 10.1 Å². The number of rotatable bonds is 5. The average Bonchev–Trinajstić information content (AvgIpc) is 2.16. The molecule has 1 rings (SSSR count). The van der Waals surface area contributed by atoms with E-state index in [2.05, 4.69) is 0 Å². The lowest BCUT2D eigenvalue weighted by molar-refractivity contribution is 0.211. The second-order valence-corrected chi connectivity index (χ2v) is 6.07. The van der Waals surface area contributed by atoms with Crippen molar-refractivity contribution >= 4 is 17.2 Å². The summed E-state index contributed by atoms with van der Waals surface area (Å²) in [5.74, 6) is 0.511. The first-order valence-corrected chi connectivity index (χ1v) is 7.46. The van der Waals surface area contributed by atoms with Crippen LogP contribution in [0.5, 0.6) is 0 Å². The Morgan fingerprint density at radius 3 is 2.44 bits per heavy atom. The summed E-state index contributed by atoms with van der Waals surface area (Å²) in [6.45, 7) is 3.80. The molecule has 0 spiro atoms. The highest BCUT2D eigenvalue weighted by Crippen LogP contribution is 2.20. The Morgan fingerprint density at radius 1 is 1.44 bits per heavy atom. The molecule has 1 aliphatic heterocycles. The largest absolute Gasteiger partial charge is 0.437 e. The molecule has 5 nitrogen and oxygen atoms in total. The molecule has 7 heteroatoms. The van der Waals surface area contributed by atoms with Gasteiger partial charge >= 0.3 is 7.05 Å². The molecule has 0 aromatic heterocycles. The van der Waals surface area contributed by atoms with Crippen molar-refractivity contribution in [3.05, 3.63) is 0 Å². The molecular weight excluding hydrogens is 229 g/mol. The lowest BCUT2D eigenvalue weighted by Crippen LogP contribution is -2.43. The molecule has 0 radical (unpaired) electrons. The minimum Gasteiger partial charge on any atom is -0.437 e. The molecule has 0 unspecified atom stereocenters. The van der Waals surface area contributed by atoms with Crippen LogP contribution in [0.15, 0.2) is 0 Å². The van der Waals surface area contributed by atoms with E-state index in [0.717, 1.165) is 38.6 Å². The molecule has 0 aliphatic carbocycles. The van der Waals surface area contributed by atoms with Crippen LogP contribution in [0.1, 0.15) is 19.3 Å². The smallest absolute Gasteiger partial charge is 0.376 e. The molecule has 0 saturated carbocycles. The van der Waals surface area contributed by atoms with Crippen LogP contribution in [0.2, 0.25) is 6.82 Å². The van der Waals surface area contributed by atoms with Gasteiger partial charge in [-0.15, -0.1) is 0 Å². The first-order chi connectivity index (χ1) is 7.38. The Balaban J connectivity index is 2.18. The Hall–Kier alpha value is -0.105. The Labute approximate surface area is 98.0 Å². The molecule has 0 aromatic carbocycles.